The summed E-state index contributed by atoms with van der Waals surface area (Å²) in [6, 6.07) is 9.88. The Hall–Kier alpha value is -2.54. The predicted molar refractivity (Wildman–Crippen MR) is 90.7 cm³/mol. The lowest BCUT2D eigenvalue weighted by molar-refractivity contribution is 0.102. The van der Waals surface area contributed by atoms with Gasteiger partial charge in [0.2, 0.25) is 0 Å². The van der Waals surface area contributed by atoms with Gasteiger partial charge in [0, 0.05) is 30.9 Å². The summed E-state index contributed by atoms with van der Waals surface area (Å²) >= 11 is 0. The summed E-state index contributed by atoms with van der Waals surface area (Å²) in [6.45, 7) is 5.93. The Bertz CT molecular complexity index is 711. The van der Waals surface area contributed by atoms with Crippen molar-refractivity contribution in [3.8, 4) is 0 Å². The van der Waals surface area contributed by atoms with E-state index in [0.29, 0.717) is 17.8 Å². The predicted octanol–water partition coefficient (Wildman–Crippen LogP) is 2.05. The number of benzene rings is 1. The maximum absolute atomic E-state index is 13.2. The molecule has 1 amide bonds. The zero-order valence-electron chi connectivity index (χ0n) is 13.7. The van der Waals surface area contributed by atoms with Crippen molar-refractivity contribution in [2.45, 2.75) is 25.9 Å². The normalized spacial score (nSPS) is 20.7. The highest BCUT2D eigenvalue weighted by Gasteiger charge is 2.22. The molecule has 1 aromatic carbocycles. The van der Waals surface area contributed by atoms with Gasteiger partial charge in [-0.2, -0.15) is 0 Å². The third kappa shape index (κ3) is 3.86. The molecule has 2 aromatic rings. The molecule has 0 bridgehead atoms. The molecule has 1 aliphatic heterocycles. The van der Waals surface area contributed by atoms with Crippen LogP contribution < -0.4 is 15.5 Å². The number of rotatable bonds is 3. The molecule has 1 aliphatic rings. The summed E-state index contributed by atoms with van der Waals surface area (Å²) in [7, 11) is 0. The van der Waals surface area contributed by atoms with E-state index in [-0.39, 0.29) is 5.69 Å². The lowest BCUT2D eigenvalue weighted by atomic mass is 10.1. The number of nitrogens with zero attached hydrogens (tertiary/aromatic N) is 3. The molecule has 2 heterocycles. The van der Waals surface area contributed by atoms with Crippen LogP contribution in [0.3, 0.4) is 0 Å². The van der Waals surface area contributed by atoms with Crippen molar-refractivity contribution in [1.29, 1.82) is 0 Å². The first-order chi connectivity index (χ1) is 11.5. The number of nitrogens with one attached hydrogen (secondary N) is 2. The number of piperazine rings is 1. The molecule has 2 atom stereocenters. The number of anilines is 2. The molecular formula is C17H20FN5O. The number of hydrogen-bond acceptors (Lipinski definition) is 5. The molecule has 1 saturated heterocycles. The summed E-state index contributed by atoms with van der Waals surface area (Å²) < 4.78 is 13.2. The van der Waals surface area contributed by atoms with E-state index in [1.807, 2.05) is 0 Å². The van der Waals surface area contributed by atoms with Crippen molar-refractivity contribution in [1.82, 2.24) is 15.5 Å². The number of carbonyl (C=O) groups is 1. The van der Waals surface area contributed by atoms with Crippen molar-refractivity contribution in [3.05, 3.63) is 47.9 Å². The van der Waals surface area contributed by atoms with Crippen molar-refractivity contribution in [2.75, 3.05) is 23.3 Å². The third-order valence-electron chi connectivity index (χ3n) is 3.85. The first kappa shape index (κ1) is 16.3. The van der Waals surface area contributed by atoms with E-state index in [4.69, 9.17) is 0 Å². The monoisotopic (exact) mass is 329 g/mol. The van der Waals surface area contributed by atoms with Gasteiger partial charge >= 0.3 is 0 Å². The van der Waals surface area contributed by atoms with Crippen molar-refractivity contribution >= 4 is 17.4 Å². The van der Waals surface area contributed by atoms with Crippen LogP contribution in [-0.4, -0.2) is 41.3 Å². The number of hydrogen-bond donors (Lipinski definition) is 2. The SMILES string of the molecule is C[C@@H]1CN(c2ccc(C(=O)Nc3cccc(F)c3)nn2)C[C@H](C)N1. The minimum absolute atomic E-state index is 0.194. The van der Waals surface area contributed by atoms with Crippen LogP contribution in [0.1, 0.15) is 24.3 Å². The van der Waals surface area contributed by atoms with Gasteiger partial charge in [-0.15, -0.1) is 10.2 Å². The fourth-order valence-electron chi connectivity index (χ4n) is 2.89. The van der Waals surface area contributed by atoms with Crippen LogP contribution in [0, 0.1) is 5.82 Å². The summed E-state index contributed by atoms with van der Waals surface area (Å²) in [6.07, 6.45) is 0. The Labute approximate surface area is 140 Å². The van der Waals surface area contributed by atoms with E-state index in [1.54, 1.807) is 18.2 Å². The molecule has 0 spiro atoms. The van der Waals surface area contributed by atoms with Gasteiger partial charge in [0.25, 0.3) is 5.91 Å². The van der Waals surface area contributed by atoms with Gasteiger partial charge in [-0.05, 0) is 44.2 Å². The molecule has 0 saturated carbocycles. The van der Waals surface area contributed by atoms with E-state index in [1.165, 1.54) is 18.2 Å². The van der Waals surface area contributed by atoms with E-state index in [2.05, 4.69) is 39.6 Å². The molecular weight excluding hydrogens is 309 g/mol. The van der Waals surface area contributed by atoms with Crippen LogP contribution in [0.5, 0.6) is 0 Å². The summed E-state index contributed by atoms with van der Waals surface area (Å²) in [5.41, 5.74) is 0.579. The van der Waals surface area contributed by atoms with Crippen molar-refractivity contribution in [3.63, 3.8) is 0 Å². The lowest BCUT2D eigenvalue weighted by Crippen LogP contribution is -2.54. The van der Waals surface area contributed by atoms with Gasteiger partial charge in [0.1, 0.15) is 5.82 Å². The zero-order valence-corrected chi connectivity index (χ0v) is 13.7. The second-order valence-corrected chi connectivity index (χ2v) is 6.11. The van der Waals surface area contributed by atoms with Crippen LogP contribution in [0.2, 0.25) is 0 Å². The van der Waals surface area contributed by atoms with Crippen LogP contribution in [0.25, 0.3) is 0 Å². The number of amides is 1. The zero-order chi connectivity index (χ0) is 17.1. The Morgan fingerprint density at radius 1 is 1.21 bits per heavy atom. The fourth-order valence-corrected chi connectivity index (χ4v) is 2.89. The third-order valence-corrected chi connectivity index (χ3v) is 3.85. The number of carbonyl (C=O) groups excluding carboxylic acids is 1. The van der Waals surface area contributed by atoms with Gasteiger partial charge in [-0.1, -0.05) is 6.07 Å². The topological polar surface area (TPSA) is 70.2 Å². The Balaban J connectivity index is 1.68. The number of halogens is 1. The molecule has 2 N–H and O–H groups in total. The molecule has 24 heavy (non-hydrogen) atoms. The van der Waals surface area contributed by atoms with Crippen LogP contribution >= 0.6 is 0 Å². The smallest absolute Gasteiger partial charge is 0.276 e. The maximum Gasteiger partial charge on any atom is 0.276 e. The van der Waals surface area contributed by atoms with Gasteiger partial charge < -0.3 is 15.5 Å². The maximum atomic E-state index is 13.2. The largest absolute Gasteiger partial charge is 0.352 e. The van der Waals surface area contributed by atoms with Gasteiger partial charge in [0.05, 0.1) is 0 Å². The van der Waals surface area contributed by atoms with Crippen LogP contribution in [0.4, 0.5) is 15.9 Å². The molecule has 0 aliphatic carbocycles. The molecule has 1 aromatic heterocycles. The van der Waals surface area contributed by atoms with E-state index in [0.717, 1.165) is 18.9 Å². The van der Waals surface area contributed by atoms with Crippen molar-refractivity contribution in [2.24, 2.45) is 0 Å². The average molecular weight is 329 g/mol. The molecule has 0 unspecified atom stereocenters. The highest BCUT2D eigenvalue weighted by Crippen LogP contribution is 2.15. The molecule has 126 valence electrons. The van der Waals surface area contributed by atoms with Gasteiger partial charge in [0.15, 0.2) is 11.5 Å². The van der Waals surface area contributed by atoms with Gasteiger partial charge in [-0.3, -0.25) is 4.79 Å². The molecule has 0 radical (unpaired) electrons. The standard InChI is InChI=1S/C17H20FN5O/c1-11-9-23(10-12(2)19-11)16-7-6-15(21-22-16)17(24)20-14-5-3-4-13(18)8-14/h3-8,11-12,19H,9-10H2,1-2H3,(H,20,24)/t11-,12+. The summed E-state index contributed by atoms with van der Waals surface area (Å²) in [5.74, 6) is -0.0737. The minimum Gasteiger partial charge on any atom is -0.352 e. The Kier molecular flexibility index (Phi) is 4.71. The summed E-state index contributed by atoms with van der Waals surface area (Å²) in [5, 5.41) is 14.2. The first-order valence-corrected chi connectivity index (χ1v) is 7.93. The van der Waals surface area contributed by atoms with E-state index < -0.39 is 11.7 Å². The van der Waals surface area contributed by atoms with Crippen LogP contribution in [0.15, 0.2) is 36.4 Å². The highest BCUT2D eigenvalue weighted by atomic mass is 19.1. The van der Waals surface area contributed by atoms with Gasteiger partial charge in [-0.25, -0.2) is 4.39 Å². The quantitative estimate of drug-likeness (QED) is 0.902. The van der Waals surface area contributed by atoms with E-state index >= 15 is 0 Å². The molecule has 7 heteroatoms. The van der Waals surface area contributed by atoms with E-state index in [9.17, 15) is 9.18 Å². The van der Waals surface area contributed by atoms with Crippen LogP contribution in [-0.2, 0) is 0 Å². The average Bonchev–Trinajstić information content (AvgIpc) is 2.54. The first-order valence-electron chi connectivity index (χ1n) is 7.93. The Morgan fingerprint density at radius 3 is 2.58 bits per heavy atom. The summed E-state index contributed by atoms with van der Waals surface area (Å²) in [4.78, 5) is 14.3. The lowest BCUT2D eigenvalue weighted by Gasteiger charge is -2.36. The molecule has 1 fully saturated rings. The second-order valence-electron chi connectivity index (χ2n) is 6.11. The minimum atomic E-state index is -0.415. The fraction of sp³-hybridized carbons (Fsp3) is 0.353. The Morgan fingerprint density at radius 2 is 1.96 bits per heavy atom. The van der Waals surface area contributed by atoms with Crippen molar-refractivity contribution < 1.29 is 9.18 Å². The molecule has 3 rings (SSSR count). The highest BCUT2D eigenvalue weighted by molar-refractivity contribution is 6.02. The molecule has 6 nitrogen and oxygen atoms in total. The second kappa shape index (κ2) is 6.92. The number of aromatic nitrogens is 2.